The second-order valence-electron chi connectivity index (χ2n) is 5.84. The Morgan fingerprint density at radius 2 is 2.00 bits per heavy atom. The van der Waals surface area contributed by atoms with E-state index in [1.807, 2.05) is 32.9 Å². The van der Waals surface area contributed by atoms with Crippen LogP contribution in [0.15, 0.2) is 24.3 Å². The monoisotopic (exact) mass is 294 g/mol. The molecule has 0 fully saturated rings. The van der Waals surface area contributed by atoms with Gasteiger partial charge in [0.05, 0.1) is 13.2 Å². The molecule has 0 aromatic heterocycles. The maximum Gasteiger partial charge on any atom is 0.407 e. The van der Waals surface area contributed by atoms with E-state index in [0.717, 1.165) is 12.0 Å². The third-order valence-electron chi connectivity index (χ3n) is 2.61. The van der Waals surface area contributed by atoms with Crippen molar-refractivity contribution in [1.82, 2.24) is 5.32 Å². The molecule has 0 unspecified atom stereocenters. The van der Waals surface area contributed by atoms with Crippen LogP contribution in [0.4, 0.5) is 4.79 Å². The Bertz CT molecular complexity index is 441. The van der Waals surface area contributed by atoms with E-state index in [0.29, 0.717) is 26.3 Å². The number of benzene rings is 1. The average Bonchev–Trinajstić information content (AvgIpc) is 2.37. The van der Waals surface area contributed by atoms with Gasteiger partial charge in [-0.1, -0.05) is 24.3 Å². The average molecular weight is 294 g/mol. The normalized spacial score (nSPS) is 11.2. The lowest BCUT2D eigenvalue weighted by Gasteiger charge is -2.19. The number of alkyl carbamates (subject to hydrolysis) is 1. The highest BCUT2D eigenvalue weighted by Crippen LogP contribution is 2.07. The zero-order chi connectivity index (χ0) is 15.7. The number of amides is 1. The molecule has 0 saturated heterocycles. The first kappa shape index (κ1) is 17.5. The molecule has 0 aliphatic heterocycles. The van der Waals surface area contributed by atoms with E-state index in [-0.39, 0.29) is 0 Å². The molecule has 0 radical (unpaired) electrons. The number of ether oxygens (including phenoxy) is 2. The van der Waals surface area contributed by atoms with Crippen molar-refractivity contribution in [2.24, 2.45) is 5.73 Å². The highest BCUT2D eigenvalue weighted by Gasteiger charge is 2.15. The van der Waals surface area contributed by atoms with E-state index in [2.05, 4.69) is 17.4 Å². The van der Waals surface area contributed by atoms with Crippen molar-refractivity contribution >= 4 is 6.09 Å². The fraction of sp³-hybridized carbons (Fsp3) is 0.562. The first-order chi connectivity index (χ1) is 9.90. The summed E-state index contributed by atoms with van der Waals surface area (Å²) in [6.45, 7) is 7.53. The van der Waals surface area contributed by atoms with Crippen molar-refractivity contribution in [2.75, 3.05) is 19.7 Å². The summed E-state index contributed by atoms with van der Waals surface area (Å²) in [5.41, 5.74) is 7.38. The summed E-state index contributed by atoms with van der Waals surface area (Å²) in [4.78, 5) is 11.4. The third kappa shape index (κ3) is 8.32. The van der Waals surface area contributed by atoms with E-state index in [9.17, 15) is 4.79 Å². The smallest absolute Gasteiger partial charge is 0.407 e. The number of hydrogen-bond donors (Lipinski definition) is 2. The van der Waals surface area contributed by atoms with Crippen molar-refractivity contribution in [3.05, 3.63) is 35.4 Å². The summed E-state index contributed by atoms with van der Waals surface area (Å²) in [7, 11) is 0. The van der Waals surface area contributed by atoms with Crippen LogP contribution in [0.25, 0.3) is 0 Å². The van der Waals surface area contributed by atoms with E-state index < -0.39 is 11.7 Å². The van der Waals surface area contributed by atoms with Crippen molar-refractivity contribution in [2.45, 2.75) is 39.4 Å². The van der Waals surface area contributed by atoms with Gasteiger partial charge in [0.2, 0.25) is 0 Å². The summed E-state index contributed by atoms with van der Waals surface area (Å²) in [6, 6.07) is 8.17. The lowest BCUT2D eigenvalue weighted by Crippen LogP contribution is -2.34. The highest BCUT2D eigenvalue weighted by atomic mass is 16.6. The molecule has 1 amide bonds. The summed E-state index contributed by atoms with van der Waals surface area (Å²) < 4.78 is 10.7. The van der Waals surface area contributed by atoms with Crippen molar-refractivity contribution in [3.8, 4) is 0 Å². The SMILES string of the molecule is CC(C)(C)OC(=O)NCCOCc1cccc(CCN)c1. The van der Waals surface area contributed by atoms with E-state index >= 15 is 0 Å². The van der Waals surface area contributed by atoms with Crippen LogP contribution in [0, 0.1) is 0 Å². The molecule has 5 nitrogen and oxygen atoms in total. The quantitative estimate of drug-likeness (QED) is 0.756. The lowest BCUT2D eigenvalue weighted by atomic mass is 10.1. The van der Waals surface area contributed by atoms with Gasteiger partial charge in [0.1, 0.15) is 5.60 Å². The van der Waals surface area contributed by atoms with Crippen LogP contribution < -0.4 is 11.1 Å². The van der Waals surface area contributed by atoms with Crippen LogP contribution in [0.5, 0.6) is 0 Å². The molecule has 0 heterocycles. The van der Waals surface area contributed by atoms with Gasteiger partial charge in [0, 0.05) is 6.54 Å². The van der Waals surface area contributed by atoms with Crippen molar-refractivity contribution < 1.29 is 14.3 Å². The third-order valence-corrected chi connectivity index (χ3v) is 2.61. The molecule has 1 aromatic rings. The Kier molecular flexibility index (Phi) is 7.19. The molecular formula is C16H26N2O3. The Balaban J connectivity index is 2.19. The van der Waals surface area contributed by atoms with Gasteiger partial charge < -0.3 is 20.5 Å². The standard InChI is InChI=1S/C16H26N2O3/c1-16(2,3)21-15(19)18-9-10-20-12-14-6-4-5-13(11-14)7-8-17/h4-6,11H,7-10,12,17H2,1-3H3,(H,18,19). The Morgan fingerprint density at radius 3 is 2.67 bits per heavy atom. The van der Waals surface area contributed by atoms with Gasteiger partial charge in [0.15, 0.2) is 0 Å². The van der Waals surface area contributed by atoms with Gasteiger partial charge in [-0.2, -0.15) is 0 Å². The highest BCUT2D eigenvalue weighted by molar-refractivity contribution is 5.67. The second kappa shape index (κ2) is 8.64. The summed E-state index contributed by atoms with van der Waals surface area (Å²) in [5, 5.41) is 2.65. The number of carbonyl (C=O) groups is 1. The number of nitrogens with one attached hydrogen (secondary N) is 1. The topological polar surface area (TPSA) is 73.6 Å². The Labute approximate surface area is 126 Å². The molecule has 0 saturated carbocycles. The predicted octanol–water partition coefficient (Wildman–Crippen LogP) is 2.23. The molecule has 118 valence electrons. The minimum Gasteiger partial charge on any atom is -0.444 e. The van der Waals surface area contributed by atoms with Crippen LogP contribution in [-0.4, -0.2) is 31.4 Å². The number of hydrogen-bond acceptors (Lipinski definition) is 4. The molecule has 21 heavy (non-hydrogen) atoms. The molecule has 1 aromatic carbocycles. The largest absolute Gasteiger partial charge is 0.444 e. The fourth-order valence-corrected chi connectivity index (χ4v) is 1.77. The van der Waals surface area contributed by atoms with Crippen molar-refractivity contribution in [3.63, 3.8) is 0 Å². The Hall–Kier alpha value is -1.59. The summed E-state index contributed by atoms with van der Waals surface area (Å²) in [6.07, 6.45) is 0.449. The predicted molar refractivity (Wildman–Crippen MR) is 83.1 cm³/mol. The van der Waals surface area contributed by atoms with Crippen LogP contribution in [-0.2, 0) is 22.5 Å². The number of carbonyl (C=O) groups excluding carboxylic acids is 1. The molecule has 0 bridgehead atoms. The minimum absolute atomic E-state index is 0.420. The minimum atomic E-state index is -0.478. The molecule has 0 aliphatic carbocycles. The molecule has 5 heteroatoms. The molecular weight excluding hydrogens is 268 g/mol. The first-order valence-electron chi connectivity index (χ1n) is 7.23. The van der Waals surface area contributed by atoms with Crippen molar-refractivity contribution in [1.29, 1.82) is 0 Å². The molecule has 0 atom stereocenters. The van der Waals surface area contributed by atoms with Gasteiger partial charge in [-0.05, 0) is 44.9 Å². The van der Waals surface area contributed by atoms with Gasteiger partial charge in [0.25, 0.3) is 0 Å². The van der Waals surface area contributed by atoms with Crippen LogP contribution >= 0.6 is 0 Å². The zero-order valence-electron chi connectivity index (χ0n) is 13.1. The second-order valence-corrected chi connectivity index (χ2v) is 5.84. The van der Waals surface area contributed by atoms with Gasteiger partial charge >= 0.3 is 6.09 Å². The fourth-order valence-electron chi connectivity index (χ4n) is 1.77. The first-order valence-corrected chi connectivity index (χ1v) is 7.23. The van der Waals surface area contributed by atoms with E-state index in [4.69, 9.17) is 15.2 Å². The molecule has 0 aliphatic rings. The maximum absolute atomic E-state index is 11.4. The zero-order valence-corrected chi connectivity index (χ0v) is 13.1. The molecule has 0 spiro atoms. The van der Waals surface area contributed by atoms with Gasteiger partial charge in [-0.3, -0.25) is 0 Å². The Morgan fingerprint density at radius 1 is 1.29 bits per heavy atom. The number of nitrogens with two attached hydrogens (primary N) is 1. The van der Waals surface area contributed by atoms with Crippen LogP contribution in [0.3, 0.4) is 0 Å². The molecule has 1 rings (SSSR count). The van der Waals surface area contributed by atoms with Gasteiger partial charge in [-0.15, -0.1) is 0 Å². The number of rotatable bonds is 7. The summed E-state index contributed by atoms with van der Waals surface area (Å²) in [5.74, 6) is 0. The van der Waals surface area contributed by atoms with E-state index in [1.165, 1.54) is 5.56 Å². The van der Waals surface area contributed by atoms with Crippen LogP contribution in [0.1, 0.15) is 31.9 Å². The van der Waals surface area contributed by atoms with Gasteiger partial charge in [-0.25, -0.2) is 4.79 Å². The summed E-state index contributed by atoms with van der Waals surface area (Å²) >= 11 is 0. The lowest BCUT2D eigenvalue weighted by molar-refractivity contribution is 0.0494. The van der Waals surface area contributed by atoms with Crippen LogP contribution in [0.2, 0.25) is 0 Å². The molecule has 3 N–H and O–H groups in total. The maximum atomic E-state index is 11.4. The van der Waals surface area contributed by atoms with E-state index in [1.54, 1.807) is 0 Å².